The van der Waals surface area contributed by atoms with E-state index in [1.54, 1.807) is 0 Å². The average Bonchev–Trinajstić information content (AvgIpc) is 2.40. The molecule has 1 aliphatic rings. The molecule has 0 spiro atoms. The second kappa shape index (κ2) is 9.02. The Bertz CT molecular complexity index is 446. The summed E-state index contributed by atoms with van der Waals surface area (Å²) in [6, 6.07) is 0. The van der Waals surface area contributed by atoms with E-state index < -0.39 is 21.1 Å². The maximum atomic E-state index is 11.9. The van der Waals surface area contributed by atoms with Crippen LogP contribution in [0.3, 0.4) is 0 Å². The van der Waals surface area contributed by atoms with Crippen molar-refractivity contribution in [3.05, 3.63) is 0 Å². The number of carboxylic acids is 1. The number of carbonyl (C=O) groups is 2. The van der Waals surface area contributed by atoms with Crippen molar-refractivity contribution in [2.24, 2.45) is 0 Å². The molecule has 7 heteroatoms. The van der Waals surface area contributed by atoms with Crippen LogP contribution < -0.4 is 5.32 Å². The molecule has 1 saturated heterocycles. The van der Waals surface area contributed by atoms with E-state index in [1.807, 2.05) is 0 Å². The number of unbranched alkanes of at least 4 members (excludes halogenated alkanes) is 4. The van der Waals surface area contributed by atoms with Crippen molar-refractivity contribution in [3.8, 4) is 0 Å². The van der Waals surface area contributed by atoms with E-state index in [4.69, 9.17) is 5.11 Å². The molecule has 1 aliphatic heterocycles. The largest absolute Gasteiger partial charge is 0.481 e. The highest BCUT2D eigenvalue weighted by Crippen LogP contribution is 2.19. The summed E-state index contributed by atoms with van der Waals surface area (Å²) in [6.45, 7) is 0.490. The van der Waals surface area contributed by atoms with Crippen LogP contribution in [0.5, 0.6) is 0 Å². The van der Waals surface area contributed by atoms with Crippen molar-refractivity contribution in [2.75, 3.05) is 12.3 Å². The average molecular weight is 319 g/mol. The lowest BCUT2D eigenvalue weighted by Crippen LogP contribution is -2.43. The van der Waals surface area contributed by atoms with Gasteiger partial charge in [-0.05, 0) is 25.7 Å². The standard InChI is InChI=1S/C14H25NO5S/c16-13(17)9-4-2-1-3-6-10-15-14(18)12-8-5-7-11-21(12,19)20/h12H,1-11H2,(H,15,18)(H,16,17). The van der Waals surface area contributed by atoms with E-state index in [1.165, 1.54) is 0 Å². The Balaban J connectivity index is 2.09. The summed E-state index contributed by atoms with van der Waals surface area (Å²) < 4.78 is 23.6. The molecule has 1 atom stereocenters. The smallest absolute Gasteiger partial charge is 0.303 e. The maximum absolute atomic E-state index is 11.9. The van der Waals surface area contributed by atoms with Gasteiger partial charge in [-0.15, -0.1) is 0 Å². The summed E-state index contributed by atoms with van der Waals surface area (Å²) in [5, 5.41) is 10.3. The first-order chi connectivity index (χ1) is 9.93. The summed E-state index contributed by atoms with van der Waals surface area (Å²) in [4.78, 5) is 22.2. The Hall–Kier alpha value is -1.11. The third kappa shape index (κ3) is 6.93. The van der Waals surface area contributed by atoms with Crippen molar-refractivity contribution in [2.45, 2.75) is 63.0 Å². The third-order valence-electron chi connectivity index (χ3n) is 3.74. The van der Waals surface area contributed by atoms with Crippen LogP contribution in [0.4, 0.5) is 0 Å². The van der Waals surface area contributed by atoms with Crippen LogP contribution in [0.2, 0.25) is 0 Å². The van der Waals surface area contributed by atoms with Crippen molar-refractivity contribution in [3.63, 3.8) is 0 Å². The summed E-state index contributed by atoms with van der Waals surface area (Å²) in [6.07, 6.45) is 6.29. The molecule has 0 aliphatic carbocycles. The molecule has 1 rings (SSSR count). The Morgan fingerprint density at radius 3 is 2.38 bits per heavy atom. The van der Waals surface area contributed by atoms with Gasteiger partial charge < -0.3 is 10.4 Å². The van der Waals surface area contributed by atoms with Crippen molar-refractivity contribution in [1.82, 2.24) is 5.32 Å². The minimum atomic E-state index is -3.25. The molecule has 1 unspecified atom stereocenters. The van der Waals surface area contributed by atoms with Crippen LogP contribution in [0.25, 0.3) is 0 Å². The van der Waals surface area contributed by atoms with Gasteiger partial charge in [0.25, 0.3) is 0 Å². The Labute approximate surface area is 126 Å². The van der Waals surface area contributed by atoms with Crippen LogP contribution >= 0.6 is 0 Å². The van der Waals surface area contributed by atoms with Gasteiger partial charge in [-0.2, -0.15) is 0 Å². The fourth-order valence-corrected chi connectivity index (χ4v) is 4.33. The second-order valence-electron chi connectivity index (χ2n) is 5.55. The number of nitrogens with one attached hydrogen (secondary N) is 1. The lowest BCUT2D eigenvalue weighted by molar-refractivity contribution is -0.137. The van der Waals surface area contributed by atoms with Gasteiger partial charge in [0.2, 0.25) is 5.91 Å². The Morgan fingerprint density at radius 2 is 1.71 bits per heavy atom. The summed E-state index contributed by atoms with van der Waals surface area (Å²) in [5.74, 6) is -1.01. The predicted molar refractivity (Wildman–Crippen MR) is 79.8 cm³/mol. The van der Waals surface area contributed by atoms with Gasteiger partial charge in [-0.25, -0.2) is 8.42 Å². The van der Waals surface area contributed by atoms with E-state index >= 15 is 0 Å². The maximum Gasteiger partial charge on any atom is 0.303 e. The number of carbonyl (C=O) groups excluding carboxylic acids is 1. The zero-order valence-corrected chi connectivity index (χ0v) is 13.2. The molecule has 21 heavy (non-hydrogen) atoms. The van der Waals surface area contributed by atoms with Crippen LogP contribution in [-0.4, -0.2) is 42.9 Å². The van der Waals surface area contributed by atoms with Gasteiger partial charge in [-0.1, -0.05) is 25.7 Å². The molecular formula is C14H25NO5S. The second-order valence-corrected chi connectivity index (χ2v) is 7.86. The molecule has 1 fully saturated rings. The number of aliphatic carboxylic acids is 1. The topological polar surface area (TPSA) is 101 Å². The minimum Gasteiger partial charge on any atom is -0.481 e. The molecule has 122 valence electrons. The molecule has 2 N–H and O–H groups in total. The lowest BCUT2D eigenvalue weighted by Gasteiger charge is -2.21. The zero-order valence-electron chi connectivity index (χ0n) is 12.3. The summed E-state index contributed by atoms with van der Waals surface area (Å²) >= 11 is 0. The monoisotopic (exact) mass is 319 g/mol. The van der Waals surface area contributed by atoms with Gasteiger partial charge in [0, 0.05) is 13.0 Å². The van der Waals surface area contributed by atoms with Gasteiger partial charge >= 0.3 is 5.97 Å². The molecule has 0 aromatic rings. The third-order valence-corrected chi connectivity index (χ3v) is 5.91. The molecule has 0 aromatic carbocycles. The van der Waals surface area contributed by atoms with Crippen LogP contribution in [0, 0.1) is 0 Å². The first-order valence-corrected chi connectivity index (χ1v) is 9.36. The van der Waals surface area contributed by atoms with Crippen LogP contribution in [-0.2, 0) is 19.4 Å². The summed E-state index contributed by atoms with van der Waals surface area (Å²) in [5.41, 5.74) is 0. The number of amides is 1. The highest BCUT2D eigenvalue weighted by molar-refractivity contribution is 7.92. The first-order valence-electron chi connectivity index (χ1n) is 7.64. The van der Waals surface area contributed by atoms with Crippen molar-refractivity contribution < 1.29 is 23.1 Å². The van der Waals surface area contributed by atoms with E-state index in [9.17, 15) is 18.0 Å². The highest BCUT2D eigenvalue weighted by atomic mass is 32.2. The number of carboxylic acid groups (broad SMARTS) is 1. The molecule has 1 heterocycles. The van der Waals surface area contributed by atoms with Gasteiger partial charge in [0.15, 0.2) is 9.84 Å². The molecule has 6 nitrogen and oxygen atoms in total. The van der Waals surface area contributed by atoms with Crippen LogP contribution in [0.1, 0.15) is 57.8 Å². The van der Waals surface area contributed by atoms with E-state index in [2.05, 4.69) is 5.32 Å². The lowest BCUT2D eigenvalue weighted by atomic mass is 10.1. The van der Waals surface area contributed by atoms with Gasteiger partial charge in [0.05, 0.1) is 5.75 Å². The molecule has 0 bridgehead atoms. The predicted octanol–water partition coefficient (Wildman–Crippen LogP) is 1.50. The molecule has 0 aromatic heterocycles. The van der Waals surface area contributed by atoms with Gasteiger partial charge in [-0.3, -0.25) is 9.59 Å². The zero-order chi connectivity index (χ0) is 15.7. The van der Waals surface area contributed by atoms with E-state index in [0.717, 1.165) is 32.1 Å². The summed E-state index contributed by atoms with van der Waals surface area (Å²) in [7, 11) is -3.25. The fraction of sp³-hybridized carbons (Fsp3) is 0.857. The Morgan fingerprint density at radius 1 is 1.05 bits per heavy atom. The molecular weight excluding hydrogens is 294 g/mol. The van der Waals surface area contributed by atoms with E-state index in [0.29, 0.717) is 25.8 Å². The number of hydrogen-bond acceptors (Lipinski definition) is 4. The first kappa shape index (κ1) is 17.9. The highest BCUT2D eigenvalue weighted by Gasteiger charge is 2.34. The fourth-order valence-electron chi connectivity index (χ4n) is 2.51. The Kier molecular flexibility index (Phi) is 7.71. The quantitative estimate of drug-likeness (QED) is 0.627. The molecule has 0 radical (unpaired) electrons. The molecule has 1 amide bonds. The van der Waals surface area contributed by atoms with Crippen LogP contribution in [0.15, 0.2) is 0 Å². The minimum absolute atomic E-state index is 0.120. The number of rotatable bonds is 9. The van der Waals surface area contributed by atoms with Gasteiger partial charge in [0.1, 0.15) is 5.25 Å². The van der Waals surface area contributed by atoms with Crippen molar-refractivity contribution in [1.29, 1.82) is 0 Å². The van der Waals surface area contributed by atoms with E-state index in [-0.39, 0.29) is 18.1 Å². The number of hydrogen-bond donors (Lipinski definition) is 2. The molecule has 0 saturated carbocycles. The SMILES string of the molecule is O=C(O)CCCCCCCNC(=O)C1CCCCS1(=O)=O. The number of sulfone groups is 1. The van der Waals surface area contributed by atoms with Crippen molar-refractivity contribution >= 4 is 21.7 Å². The normalized spacial score (nSPS) is 20.9.